The summed E-state index contributed by atoms with van der Waals surface area (Å²) >= 11 is -5.36. The Morgan fingerprint density at radius 3 is 2.29 bits per heavy atom. The first-order chi connectivity index (χ1) is 6.34. The van der Waals surface area contributed by atoms with Crippen molar-refractivity contribution in [2.75, 3.05) is 0 Å². The van der Waals surface area contributed by atoms with Crippen LogP contribution >= 0.6 is 0 Å². The van der Waals surface area contributed by atoms with Crippen molar-refractivity contribution in [2.24, 2.45) is 0 Å². The fraction of sp³-hybridized carbons (Fsp3) is 0. The van der Waals surface area contributed by atoms with Crippen molar-refractivity contribution >= 4 is 24.2 Å². The van der Waals surface area contributed by atoms with Crippen LogP contribution in [0.1, 0.15) is 0 Å². The molecule has 0 spiro atoms. The molecule has 14 heavy (non-hydrogen) atoms. The molecule has 0 radical (unpaired) electrons. The number of benzene rings is 1. The number of nitro groups is 1. The third-order valence-electron chi connectivity index (χ3n) is 1.49. The van der Waals surface area contributed by atoms with Crippen LogP contribution in [-0.4, -0.2) is 32.4 Å². The number of nitrogens with zero attached hydrogens (tertiary/aromatic N) is 1. The summed E-state index contributed by atoms with van der Waals surface area (Å²) < 4.78 is 27.7. The zero-order valence-corrected chi connectivity index (χ0v) is 8.57. The molecular weight excluding hydrogens is 257 g/mol. The van der Waals surface area contributed by atoms with Gasteiger partial charge in [-0.1, -0.05) is 0 Å². The van der Waals surface area contributed by atoms with Gasteiger partial charge in [0.25, 0.3) is 0 Å². The van der Waals surface area contributed by atoms with Crippen molar-refractivity contribution in [1.82, 2.24) is 0 Å². The molecule has 0 unspecified atom stereocenters. The molecule has 1 rings (SSSR count). The standard InChI is InChI=1S/C6H6AsNO6/c9-5-3-1-2-4(7(10,11)12)6(5)8(13)14/h1-3,9H,(H2,10,11,12). The molecule has 0 amide bonds. The molecule has 0 atom stereocenters. The molecule has 0 aromatic heterocycles. The zero-order chi connectivity index (χ0) is 10.9. The predicted octanol–water partition coefficient (Wildman–Crippen LogP) is -1.14. The zero-order valence-electron chi connectivity index (χ0n) is 6.69. The number of aromatic hydroxyl groups is 1. The molecule has 0 saturated carbocycles. The third kappa shape index (κ3) is 1.95. The van der Waals surface area contributed by atoms with Crippen LogP contribution in [0.4, 0.5) is 5.69 Å². The third-order valence-corrected chi connectivity index (χ3v) is 3.56. The average molecular weight is 263 g/mol. The topological polar surface area (TPSA) is 121 Å². The van der Waals surface area contributed by atoms with E-state index < -0.39 is 34.9 Å². The first-order valence-corrected chi connectivity index (χ1v) is 6.75. The molecular formula is C6H6AsNO6. The maximum absolute atomic E-state index is 10.9. The molecule has 1 aromatic carbocycles. The molecule has 0 bridgehead atoms. The van der Waals surface area contributed by atoms with Crippen LogP contribution < -0.4 is 4.35 Å². The van der Waals surface area contributed by atoms with Crippen LogP contribution in [0.3, 0.4) is 0 Å². The van der Waals surface area contributed by atoms with Gasteiger partial charge in [0.15, 0.2) is 0 Å². The number of rotatable bonds is 2. The number of phenolic OH excluding ortho intramolecular Hbond substituents is 1. The molecule has 0 saturated heterocycles. The predicted molar refractivity (Wildman–Crippen MR) is 45.3 cm³/mol. The summed E-state index contributed by atoms with van der Waals surface area (Å²) in [6.45, 7) is 0. The second-order valence-electron chi connectivity index (χ2n) is 2.45. The number of nitro benzene ring substituents is 1. The van der Waals surface area contributed by atoms with E-state index >= 15 is 0 Å². The van der Waals surface area contributed by atoms with Crippen molar-refractivity contribution in [1.29, 1.82) is 0 Å². The number of hydrogen-bond donors (Lipinski definition) is 3. The second-order valence-corrected chi connectivity index (χ2v) is 5.74. The van der Waals surface area contributed by atoms with Gasteiger partial charge in [0.1, 0.15) is 0 Å². The van der Waals surface area contributed by atoms with Gasteiger partial charge in [0, 0.05) is 0 Å². The first-order valence-electron chi connectivity index (χ1n) is 3.36. The van der Waals surface area contributed by atoms with E-state index in [2.05, 4.69) is 0 Å². The van der Waals surface area contributed by atoms with Crippen molar-refractivity contribution in [3.05, 3.63) is 28.3 Å². The summed E-state index contributed by atoms with van der Waals surface area (Å²) in [6, 6.07) is 3.06. The second kappa shape index (κ2) is 3.45. The summed E-state index contributed by atoms with van der Waals surface area (Å²) in [7, 11) is 0. The Labute approximate surface area is 80.8 Å². The van der Waals surface area contributed by atoms with Crippen molar-refractivity contribution in [3.63, 3.8) is 0 Å². The normalized spacial score (nSPS) is 11.3. The Morgan fingerprint density at radius 1 is 1.36 bits per heavy atom. The van der Waals surface area contributed by atoms with Gasteiger partial charge in [-0.2, -0.15) is 0 Å². The minimum absolute atomic E-state index is 0.729. The summed E-state index contributed by atoms with van der Waals surface area (Å²) in [5, 5.41) is 19.5. The Bertz CT molecular complexity index is 424. The molecule has 0 aliphatic heterocycles. The van der Waals surface area contributed by atoms with Crippen LogP contribution in [-0.2, 0) is 3.74 Å². The molecule has 0 aliphatic rings. The van der Waals surface area contributed by atoms with Crippen LogP contribution in [0.15, 0.2) is 18.2 Å². The van der Waals surface area contributed by atoms with Gasteiger partial charge in [-0.25, -0.2) is 0 Å². The van der Waals surface area contributed by atoms with Gasteiger partial charge in [-0.05, 0) is 0 Å². The summed E-state index contributed by atoms with van der Waals surface area (Å²) in [5.41, 5.74) is -0.931. The Balaban J connectivity index is 3.52. The average Bonchev–Trinajstić information content (AvgIpc) is 2.01. The molecule has 0 aliphatic carbocycles. The number of para-hydroxylation sites is 1. The summed E-state index contributed by atoms with van der Waals surface area (Å²) in [4.78, 5) is 9.38. The van der Waals surface area contributed by atoms with Gasteiger partial charge < -0.3 is 0 Å². The Kier molecular flexibility index (Phi) is 2.66. The van der Waals surface area contributed by atoms with Crippen molar-refractivity contribution in [3.8, 4) is 5.75 Å². The van der Waals surface area contributed by atoms with Gasteiger partial charge in [0.2, 0.25) is 0 Å². The van der Waals surface area contributed by atoms with Crippen LogP contribution in [0, 0.1) is 10.1 Å². The van der Waals surface area contributed by atoms with E-state index in [1.807, 2.05) is 0 Å². The van der Waals surface area contributed by atoms with E-state index in [0.717, 1.165) is 18.2 Å². The fourth-order valence-electron chi connectivity index (χ4n) is 0.942. The van der Waals surface area contributed by atoms with E-state index in [4.69, 9.17) is 13.3 Å². The maximum atomic E-state index is 10.9. The van der Waals surface area contributed by atoms with Gasteiger partial charge >= 0.3 is 80.2 Å². The number of phenols is 1. The minimum atomic E-state index is -5.36. The number of hydrogen-bond acceptors (Lipinski definition) is 4. The quantitative estimate of drug-likeness (QED) is 0.352. The Hall–Kier alpha value is -1.30. The first kappa shape index (κ1) is 10.8. The molecule has 3 N–H and O–H groups in total. The van der Waals surface area contributed by atoms with Crippen LogP contribution in [0.2, 0.25) is 0 Å². The molecule has 0 fully saturated rings. The molecule has 8 heteroatoms. The molecule has 1 aromatic rings. The summed E-state index contributed by atoms with van der Waals surface area (Å²) in [6.07, 6.45) is 0. The van der Waals surface area contributed by atoms with Gasteiger partial charge in [-0.15, -0.1) is 0 Å². The molecule has 7 nitrogen and oxygen atoms in total. The van der Waals surface area contributed by atoms with Crippen molar-refractivity contribution in [2.45, 2.75) is 0 Å². The molecule has 76 valence electrons. The van der Waals surface area contributed by atoms with Gasteiger partial charge in [0.05, 0.1) is 0 Å². The van der Waals surface area contributed by atoms with Crippen LogP contribution in [0.5, 0.6) is 5.75 Å². The van der Waals surface area contributed by atoms with Gasteiger partial charge in [-0.3, -0.25) is 0 Å². The van der Waals surface area contributed by atoms with Crippen molar-refractivity contribution < 1.29 is 22.0 Å². The van der Waals surface area contributed by atoms with E-state index in [9.17, 15) is 13.9 Å². The van der Waals surface area contributed by atoms with E-state index in [1.165, 1.54) is 0 Å². The molecule has 0 heterocycles. The van der Waals surface area contributed by atoms with E-state index in [1.54, 1.807) is 0 Å². The SMILES string of the molecule is O=[N+]([O-])c1c(O)cccc1[As](=O)(O)O. The van der Waals surface area contributed by atoms with E-state index in [0.29, 0.717) is 0 Å². The van der Waals surface area contributed by atoms with E-state index in [-0.39, 0.29) is 0 Å². The Morgan fingerprint density at radius 2 is 1.93 bits per heavy atom. The summed E-state index contributed by atoms with van der Waals surface area (Å²) in [5.74, 6) is -0.753. The monoisotopic (exact) mass is 263 g/mol. The fourth-order valence-corrected chi connectivity index (χ4v) is 2.52. The van der Waals surface area contributed by atoms with Crippen LogP contribution in [0.25, 0.3) is 0 Å².